The van der Waals surface area contributed by atoms with Crippen LogP contribution in [0.5, 0.6) is 0 Å². The molecule has 0 aliphatic heterocycles. The highest BCUT2D eigenvalue weighted by Crippen LogP contribution is 2.20. The Morgan fingerprint density at radius 1 is 1.19 bits per heavy atom. The van der Waals surface area contributed by atoms with Crippen molar-refractivity contribution in [2.45, 2.75) is 97.4 Å². The Kier molecular flexibility index (Phi) is 13.9. The van der Waals surface area contributed by atoms with E-state index in [1.165, 1.54) is 44.9 Å². The van der Waals surface area contributed by atoms with E-state index in [9.17, 15) is 15.0 Å². The average molecular weight is 384 g/mol. The van der Waals surface area contributed by atoms with Crippen molar-refractivity contribution in [2.75, 3.05) is 6.61 Å². The number of nitrogens with one attached hydrogen (secondary N) is 1. The van der Waals surface area contributed by atoms with Crippen LogP contribution < -0.4 is 5.73 Å². The molecule has 1 aromatic rings. The fourth-order valence-electron chi connectivity index (χ4n) is 2.98. The number of aromatic nitrogens is 2. The molecule has 0 saturated carbocycles. The molecule has 27 heavy (non-hydrogen) atoms. The number of aliphatic hydroxyl groups is 1. The van der Waals surface area contributed by atoms with E-state index in [1.807, 2.05) is 20.0 Å². The van der Waals surface area contributed by atoms with E-state index in [1.54, 1.807) is 6.92 Å². The number of hydrogen-bond donors (Lipinski definition) is 4. The standard InChI is InChI=1S/C19H35N3O3.C2H6/c1-3-4-5-6-7-8-9-10-16-13-21-17(22-16)12-11-15(2)19(20,14-23)18(24)25;1-2/h13,15,23H,3-12,14,20H2,1-2H3,(H,21,22)(H,24,25);1-2H3. The zero-order chi connectivity index (χ0) is 20.7. The van der Waals surface area contributed by atoms with Gasteiger partial charge < -0.3 is 20.9 Å². The fourth-order valence-corrected chi connectivity index (χ4v) is 2.98. The highest BCUT2D eigenvalue weighted by Gasteiger charge is 2.39. The monoisotopic (exact) mass is 383 g/mol. The second-order valence-electron chi connectivity index (χ2n) is 7.17. The summed E-state index contributed by atoms with van der Waals surface area (Å²) in [6.45, 7) is 7.42. The number of carbonyl (C=O) groups is 1. The number of H-pyrrole nitrogens is 1. The number of aliphatic carboxylic acids is 1. The van der Waals surface area contributed by atoms with Gasteiger partial charge in [0.25, 0.3) is 0 Å². The zero-order valence-corrected chi connectivity index (χ0v) is 17.8. The number of hydrogen-bond acceptors (Lipinski definition) is 4. The van der Waals surface area contributed by atoms with Crippen molar-refractivity contribution in [1.82, 2.24) is 9.97 Å². The van der Waals surface area contributed by atoms with Crippen LogP contribution in [0.15, 0.2) is 6.20 Å². The van der Waals surface area contributed by atoms with E-state index in [-0.39, 0.29) is 5.92 Å². The Balaban J connectivity index is 0.00000326. The number of aryl methyl sites for hydroxylation is 2. The molecule has 0 spiro atoms. The minimum absolute atomic E-state index is 0.341. The highest BCUT2D eigenvalue weighted by atomic mass is 16.4. The molecule has 0 saturated heterocycles. The average Bonchev–Trinajstić information content (AvgIpc) is 3.13. The Morgan fingerprint density at radius 2 is 1.78 bits per heavy atom. The first kappa shape index (κ1) is 25.6. The molecule has 1 heterocycles. The number of aromatic amines is 1. The van der Waals surface area contributed by atoms with Gasteiger partial charge in [0.05, 0.1) is 6.61 Å². The van der Waals surface area contributed by atoms with Gasteiger partial charge in [-0.3, -0.25) is 4.79 Å². The second kappa shape index (κ2) is 14.6. The smallest absolute Gasteiger partial charge is 0.326 e. The van der Waals surface area contributed by atoms with E-state index in [2.05, 4.69) is 16.9 Å². The number of nitrogens with two attached hydrogens (primary N) is 1. The third-order valence-corrected chi connectivity index (χ3v) is 5.08. The van der Waals surface area contributed by atoms with Crippen LogP contribution in [-0.2, 0) is 17.6 Å². The summed E-state index contributed by atoms with van der Waals surface area (Å²) in [6, 6.07) is 0. The van der Waals surface area contributed by atoms with Gasteiger partial charge in [0.2, 0.25) is 0 Å². The minimum atomic E-state index is -1.59. The van der Waals surface area contributed by atoms with E-state index < -0.39 is 18.1 Å². The molecule has 2 unspecified atom stereocenters. The van der Waals surface area contributed by atoms with Crippen LogP contribution in [-0.4, -0.2) is 38.3 Å². The lowest BCUT2D eigenvalue weighted by Gasteiger charge is -2.28. The predicted octanol–water partition coefficient (Wildman–Crippen LogP) is 4.07. The van der Waals surface area contributed by atoms with Gasteiger partial charge >= 0.3 is 5.97 Å². The van der Waals surface area contributed by atoms with Gasteiger partial charge in [-0.05, 0) is 25.2 Å². The van der Waals surface area contributed by atoms with Crippen LogP contribution in [0, 0.1) is 5.92 Å². The van der Waals surface area contributed by atoms with Gasteiger partial charge in [-0.2, -0.15) is 0 Å². The van der Waals surface area contributed by atoms with Crippen LogP contribution in [0.3, 0.4) is 0 Å². The highest BCUT2D eigenvalue weighted by molar-refractivity contribution is 5.79. The summed E-state index contributed by atoms with van der Waals surface area (Å²) >= 11 is 0. The van der Waals surface area contributed by atoms with Crippen molar-refractivity contribution in [2.24, 2.45) is 11.7 Å². The van der Waals surface area contributed by atoms with Gasteiger partial charge in [-0.25, -0.2) is 4.98 Å². The maximum Gasteiger partial charge on any atom is 0.326 e. The van der Waals surface area contributed by atoms with Crippen molar-refractivity contribution in [3.63, 3.8) is 0 Å². The maximum absolute atomic E-state index is 11.2. The van der Waals surface area contributed by atoms with Crippen LogP contribution >= 0.6 is 0 Å². The summed E-state index contributed by atoms with van der Waals surface area (Å²) in [6.07, 6.45) is 13.1. The topological polar surface area (TPSA) is 112 Å². The molecule has 1 rings (SSSR count). The molecule has 1 aromatic heterocycles. The third-order valence-electron chi connectivity index (χ3n) is 5.08. The van der Waals surface area contributed by atoms with Crippen LogP contribution in [0.2, 0.25) is 0 Å². The number of imidazole rings is 1. The molecule has 5 N–H and O–H groups in total. The Labute approximate surface area is 165 Å². The lowest BCUT2D eigenvalue weighted by atomic mass is 9.83. The Morgan fingerprint density at radius 3 is 2.33 bits per heavy atom. The van der Waals surface area contributed by atoms with Gasteiger partial charge in [-0.1, -0.05) is 66.2 Å². The Bertz CT molecular complexity index is 505. The Hall–Kier alpha value is -1.40. The summed E-state index contributed by atoms with van der Waals surface area (Å²) < 4.78 is 0. The minimum Gasteiger partial charge on any atom is -0.480 e. The molecule has 0 amide bonds. The molecule has 0 aromatic carbocycles. The predicted molar refractivity (Wildman–Crippen MR) is 111 cm³/mol. The van der Waals surface area contributed by atoms with Gasteiger partial charge in [0, 0.05) is 18.3 Å². The lowest BCUT2D eigenvalue weighted by Crippen LogP contribution is -2.56. The van der Waals surface area contributed by atoms with E-state index in [0.29, 0.717) is 12.8 Å². The summed E-state index contributed by atoms with van der Waals surface area (Å²) in [4.78, 5) is 18.9. The number of carboxylic acid groups (broad SMARTS) is 1. The number of nitrogens with zero attached hydrogens (tertiary/aromatic N) is 1. The first-order valence-corrected chi connectivity index (χ1v) is 10.6. The van der Waals surface area contributed by atoms with Crippen molar-refractivity contribution in [3.8, 4) is 0 Å². The molecule has 0 aliphatic rings. The first-order chi connectivity index (χ1) is 12.9. The van der Waals surface area contributed by atoms with E-state index in [4.69, 9.17) is 5.73 Å². The molecule has 6 heteroatoms. The summed E-state index contributed by atoms with van der Waals surface area (Å²) in [5.74, 6) is -0.649. The molecule has 0 radical (unpaired) electrons. The summed E-state index contributed by atoms with van der Waals surface area (Å²) in [7, 11) is 0. The molecule has 0 aliphatic carbocycles. The number of aliphatic hydroxyl groups excluding tert-OH is 1. The molecule has 2 atom stereocenters. The maximum atomic E-state index is 11.2. The van der Waals surface area contributed by atoms with E-state index >= 15 is 0 Å². The fraction of sp³-hybridized carbons (Fsp3) is 0.810. The van der Waals surface area contributed by atoms with Gasteiger partial charge in [0.1, 0.15) is 11.4 Å². The van der Waals surface area contributed by atoms with E-state index in [0.717, 1.165) is 17.9 Å². The number of unbranched alkanes of at least 4 members (excludes halogenated alkanes) is 6. The van der Waals surface area contributed by atoms with Crippen molar-refractivity contribution < 1.29 is 15.0 Å². The first-order valence-electron chi connectivity index (χ1n) is 10.6. The summed E-state index contributed by atoms with van der Waals surface area (Å²) in [5.41, 5.74) is 5.34. The zero-order valence-electron chi connectivity index (χ0n) is 17.8. The van der Waals surface area contributed by atoms with Crippen LogP contribution in [0.1, 0.15) is 90.6 Å². The molecule has 0 bridgehead atoms. The molecule has 6 nitrogen and oxygen atoms in total. The van der Waals surface area contributed by atoms with Crippen LogP contribution in [0.25, 0.3) is 0 Å². The quantitative estimate of drug-likeness (QED) is 0.362. The van der Waals surface area contributed by atoms with Crippen molar-refractivity contribution in [3.05, 3.63) is 17.7 Å². The SMILES string of the molecule is CC.CCCCCCCCCc1cnc(CCC(C)C(N)(CO)C(=O)O)[nH]1. The van der Waals surface area contributed by atoms with Crippen molar-refractivity contribution >= 4 is 5.97 Å². The normalized spacial score (nSPS) is 14.1. The second-order valence-corrected chi connectivity index (χ2v) is 7.17. The number of carboxylic acids is 1. The van der Waals surface area contributed by atoms with Crippen LogP contribution in [0.4, 0.5) is 0 Å². The van der Waals surface area contributed by atoms with Gasteiger partial charge in [0.15, 0.2) is 0 Å². The molecular formula is C21H41N3O3. The molecule has 0 fully saturated rings. The lowest BCUT2D eigenvalue weighted by molar-refractivity contribution is -0.147. The third kappa shape index (κ3) is 9.38. The molecular weight excluding hydrogens is 342 g/mol. The van der Waals surface area contributed by atoms with Gasteiger partial charge in [-0.15, -0.1) is 0 Å². The van der Waals surface area contributed by atoms with Crippen molar-refractivity contribution in [1.29, 1.82) is 0 Å². The molecule has 158 valence electrons. The number of rotatable bonds is 14. The summed E-state index contributed by atoms with van der Waals surface area (Å²) in [5, 5.41) is 18.5. The largest absolute Gasteiger partial charge is 0.480 e.